The Bertz CT molecular complexity index is 1360. The minimum absolute atomic E-state index is 0.163. The fourth-order valence-electron chi connectivity index (χ4n) is 4.31. The van der Waals surface area contributed by atoms with Crippen LogP contribution in [0.5, 0.6) is 0 Å². The van der Waals surface area contributed by atoms with Gasteiger partial charge in [0.25, 0.3) is 7.37 Å². The molecular formula is C27H27FNO5P. The number of hydrogen-bond acceptors (Lipinski definition) is 4. The first-order valence-corrected chi connectivity index (χ1v) is 12.6. The number of carboxylic acid groups (broad SMARTS) is 1. The van der Waals surface area contributed by atoms with E-state index in [0.717, 1.165) is 12.5 Å². The predicted octanol–water partition coefficient (Wildman–Crippen LogP) is 5.51. The van der Waals surface area contributed by atoms with Crippen molar-refractivity contribution in [3.05, 3.63) is 77.2 Å². The Kier molecular flexibility index (Phi) is 7.33. The molecule has 3 N–H and O–H groups in total. The summed E-state index contributed by atoms with van der Waals surface area (Å²) in [5.74, 6) is -2.65. The lowest BCUT2D eigenvalue weighted by Gasteiger charge is -2.37. The van der Waals surface area contributed by atoms with E-state index in [1.54, 1.807) is 32.5 Å². The van der Waals surface area contributed by atoms with E-state index < -0.39 is 36.3 Å². The molecule has 3 aromatic rings. The average Bonchev–Trinajstić information content (AvgIpc) is 2.81. The molecule has 182 valence electrons. The lowest BCUT2D eigenvalue weighted by Crippen LogP contribution is -2.46. The Balaban J connectivity index is 2.63. The van der Waals surface area contributed by atoms with E-state index in [4.69, 9.17) is 11.4 Å². The molecule has 1 aromatic heterocycles. The van der Waals surface area contributed by atoms with Crippen molar-refractivity contribution in [2.75, 3.05) is 0 Å². The number of benzene rings is 2. The van der Waals surface area contributed by atoms with Crippen molar-refractivity contribution in [2.45, 2.75) is 44.9 Å². The highest BCUT2D eigenvalue weighted by Gasteiger charge is 2.61. The third-order valence-corrected chi connectivity index (χ3v) is 8.19. The third-order valence-electron chi connectivity index (χ3n) is 6.10. The second-order valence-electron chi connectivity index (χ2n) is 8.75. The van der Waals surface area contributed by atoms with E-state index in [2.05, 4.69) is 0 Å². The first kappa shape index (κ1) is 26.3. The number of aromatic nitrogens is 1. The molecule has 0 aliphatic heterocycles. The maximum atomic E-state index is 14.1. The molecular weight excluding hydrogens is 468 g/mol. The Morgan fingerprint density at radius 3 is 2.23 bits per heavy atom. The summed E-state index contributed by atoms with van der Waals surface area (Å²) in [6.45, 7) is 6.18. The first-order valence-electron chi connectivity index (χ1n) is 11.0. The molecule has 6 nitrogen and oxygen atoms in total. The Hall–Kier alpha value is -3.30. The summed E-state index contributed by atoms with van der Waals surface area (Å²) in [6, 6.07) is 14.9. The van der Waals surface area contributed by atoms with Gasteiger partial charge in [-0.3, -0.25) is 14.3 Å². The second kappa shape index (κ2) is 9.75. The molecule has 1 heterocycles. The van der Waals surface area contributed by atoms with Crippen LogP contribution in [0.3, 0.4) is 0 Å². The summed E-state index contributed by atoms with van der Waals surface area (Å²) in [4.78, 5) is 28.4. The monoisotopic (exact) mass is 495 g/mol. The summed E-state index contributed by atoms with van der Waals surface area (Å²) >= 11 is 0. The van der Waals surface area contributed by atoms with Crippen LogP contribution in [0.4, 0.5) is 4.39 Å². The van der Waals surface area contributed by atoms with Gasteiger partial charge in [-0.05, 0) is 60.3 Å². The number of carbonyl (C=O) groups is 1. The number of rotatable bonds is 7. The first-order chi connectivity index (χ1) is 16.4. The maximum absolute atomic E-state index is 14.1. The van der Waals surface area contributed by atoms with Crippen LogP contribution in [0.25, 0.3) is 22.4 Å². The molecule has 0 spiro atoms. The number of aryl methyl sites for hydroxylation is 1. The van der Waals surface area contributed by atoms with Gasteiger partial charge in [0.2, 0.25) is 5.16 Å². The van der Waals surface area contributed by atoms with Gasteiger partial charge in [0.05, 0.1) is 11.8 Å². The molecule has 0 saturated carbocycles. The van der Waals surface area contributed by atoms with Gasteiger partial charge in [0.15, 0.2) is 0 Å². The van der Waals surface area contributed by atoms with E-state index >= 15 is 0 Å². The number of carboxylic acids is 1. The molecule has 0 fully saturated rings. The highest BCUT2D eigenvalue weighted by molar-refractivity contribution is 7.65. The van der Waals surface area contributed by atoms with Crippen LogP contribution in [0, 0.1) is 24.8 Å². The summed E-state index contributed by atoms with van der Waals surface area (Å²) in [7, 11) is -5.01. The number of aliphatic carboxylic acids is 1. The van der Waals surface area contributed by atoms with Crippen LogP contribution in [0.2, 0.25) is 0 Å². The minimum Gasteiger partial charge on any atom is -0.480 e. The van der Waals surface area contributed by atoms with E-state index in [1.807, 2.05) is 30.3 Å². The average molecular weight is 495 g/mol. The minimum atomic E-state index is -5.01. The molecule has 2 aromatic carbocycles. The SMILES string of the molecule is C#CP(=O)(O)C(C(=O)O)(c1c(-c2ccc(F)c(C)c2)cc(-c2ccccc2)nc1C(C)C)C(C)O. The van der Waals surface area contributed by atoms with Crippen molar-refractivity contribution < 1.29 is 28.9 Å². The highest BCUT2D eigenvalue weighted by atomic mass is 31.2. The highest BCUT2D eigenvalue weighted by Crippen LogP contribution is 2.64. The van der Waals surface area contributed by atoms with Crippen molar-refractivity contribution in [3.63, 3.8) is 0 Å². The molecule has 0 amide bonds. The fraction of sp³-hybridized carbons (Fsp3) is 0.259. The van der Waals surface area contributed by atoms with Crippen LogP contribution >= 0.6 is 7.37 Å². The molecule has 3 rings (SSSR count). The predicted molar refractivity (Wildman–Crippen MR) is 134 cm³/mol. The zero-order valence-electron chi connectivity index (χ0n) is 19.9. The van der Waals surface area contributed by atoms with E-state index in [1.165, 1.54) is 18.2 Å². The lowest BCUT2D eigenvalue weighted by atomic mass is 9.82. The summed E-state index contributed by atoms with van der Waals surface area (Å²) in [5, 5.41) is 18.4. The van der Waals surface area contributed by atoms with E-state index in [9.17, 15) is 28.9 Å². The Labute approximate surface area is 203 Å². The number of hydrogen-bond donors (Lipinski definition) is 3. The number of pyridine rings is 1. The quantitative estimate of drug-likeness (QED) is 0.295. The van der Waals surface area contributed by atoms with Crippen LogP contribution in [0.15, 0.2) is 54.6 Å². The van der Waals surface area contributed by atoms with Crippen molar-refractivity contribution in [2.24, 2.45) is 0 Å². The normalized spacial score (nSPS) is 15.6. The van der Waals surface area contributed by atoms with Gasteiger partial charge in [0.1, 0.15) is 5.82 Å². The number of nitrogens with zero attached hydrogens (tertiary/aromatic N) is 1. The molecule has 0 aliphatic rings. The molecule has 0 aliphatic carbocycles. The van der Waals surface area contributed by atoms with Gasteiger partial charge < -0.3 is 15.1 Å². The van der Waals surface area contributed by atoms with Crippen molar-refractivity contribution in [1.29, 1.82) is 0 Å². The van der Waals surface area contributed by atoms with Gasteiger partial charge in [-0.15, -0.1) is 6.42 Å². The van der Waals surface area contributed by atoms with Crippen LogP contribution in [-0.4, -0.2) is 32.2 Å². The molecule has 0 radical (unpaired) electrons. The summed E-state index contributed by atoms with van der Waals surface area (Å²) in [5.41, 5.74) is 3.88. The summed E-state index contributed by atoms with van der Waals surface area (Å²) in [6.07, 6.45) is 3.51. The van der Waals surface area contributed by atoms with Gasteiger partial charge in [-0.25, -0.2) is 4.39 Å². The van der Waals surface area contributed by atoms with Crippen molar-refractivity contribution in [1.82, 2.24) is 4.98 Å². The molecule has 3 unspecified atom stereocenters. The lowest BCUT2D eigenvalue weighted by molar-refractivity contribution is -0.143. The van der Waals surface area contributed by atoms with Crippen molar-refractivity contribution >= 4 is 13.3 Å². The van der Waals surface area contributed by atoms with Gasteiger partial charge in [-0.1, -0.05) is 50.2 Å². The molecule has 0 saturated heterocycles. The number of aliphatic hydroxyl groups is 1. The number of terminal acetylenes is 1. The topological polar surface area (TPSA) is 108 Å². The Morgan fingerprint density at radius 2 is 1.74 bits per heavy atom. The number of halogens is 1. The van der Waals surface area contributed by atoms with Crippen LogP contribution < -0.4 is 0 Å². The summed E-state index contributed by atoms with van der Waals surface area (Å²) < 4.78 is 27.6. The zero-order valence-corrected chi connectivity index (χ0v) is 20.8. The van der Waals surface area contributed by atoms with Crippen LogP contribution in [-0.2, 0) is 14.5 Å². The number of aliphatic hydroxyl groups excluding tert-OH is 1. The Morgan fingerprint density at radius 1 is 1.11 bits per heavy atom. The fourth-order valence-corrected chi connectivity index (χ4v) is 5.82. The third kappa shape index (κ3) is 4.41. The van der Waals surface area contributed by atoms with Gasteiger partial charge in [-0.2, -0.15) is 0 Å². The smallest absolute Gasteiger partial charge is 0.327 e. The standard InChI is InChI=1S/C27H27FNO5P/c1-6-35(33,34)27(18(5)30,26(31)32)24-21(20-12-13-22(28)17(4)14-20)15-23(29-25(24)16(2)3)19-10-8-7-9-11-19/h1,7-16,18,30H,2-5H3,(H,31,32)(H,33,34). The molecule has 35 heavy (non-hydrogen) atoms. The maximum Gasteiger partial charge on any atom is 0.327 e. The van der Waals surface area contributed by atoms with Gasteiger partial charge in [0, 0.05) is 16.8 Å². The van der Waals surface area contributed by atoms with E-state index in [0.29, 0.717) is 16.8 Å². The second-order valence-corrected chi connectivity index (χ2v) is 10.9. The zero-order chi connectivity index (χ0) is 26.1. The molecule has 0 bridgehead atoms. The van der Waals surface area contributed by atoms with E-state index in [-0.39, 0.29) is 16.8 Å². The van der Waals surface area contributed by atoms with Crippen molar-refractivity contribution in [3.8, 4) is 34.5 Å². The largest absolute Gasteiger partial charge is 0.480 e. The molecule has 8 heteroatoms. The van der Waals surface area contributed by atoms with Crippen LogP contribution in [0.1, 0.15) is 43.5 Å². The molecule has 3 atom stereocenters. The van der Waals surface area contributed by atoms with Gasteiger partial charge >= 0.3 is 5.97 Å².